The van der Waals surface area contributed by atoms with Gasteiger partial charge in [0.1, 0.15) is 12.1 Å². The van der Waals surface area contributed by atoms with Gasteiger partial charge in [-0.25, -0.2) is 4.39 Å². The lowest BCUT2D eigenvalue weighted by molar-refractivity contribution is -0.117. The Hall–Kier alpha value is -1.89. The second-order valence-electron chi connectivity index (χ2n) is 3.60. The standard InChI is InChI=1S/C11H11FN4OS/c1-7(10(13)17)18-11-15-14-6-16(11)9-5-3-2-4-8(9)12/h2-7H,1H3,(H2,13,17)/t7-/m1/s1. The first-order valence-electron chi connectivity index (χ1n) is 5.20. The molecule has 18 heavy (non-hydrogen) atoms. The van der Waals surface area contributed by atoms with E-state index in [-0.39, 0.29) is 5.82 Å². The summed E-state index contributed by atoms with van der Waals surface area (Å²) in [5, 5.41) is 7.55. The normalized spacial score (nSPS) is 12.3. The van der Waals surface area contributed by atoms with Gasteiger partial charge in [0.15, 0.2) is 5.16 Å². The van der Waals surface area contributed by atoms with E-state index in [9.17, 15) is 9.18 Å². The van der Waals surface area contributed by atoms with Crippen LogP contribution in [0.2, 0.25) is 0 Å². The fraction of sp³-hybridized carbons (Fsp3) is 0.182. The Morgan fingerprint density at radius 2 is 2.22 bits per heavy atom. The number of carbonyl (C=O) groups is 1. The quantitative estimate of drug-likeness (QED) is 0.848. The molecule has 0 bridgehead atoms. The Labute approximate surface area is 107 Å². The molecule has 0 aliphatic heterocycles. The van der Waals surface area contributed by atoms with Crippen LogP contribution < -0.4 is 5.73 Å². The summed E-state index contributed by atoms with van der Waals surface area (Å²) in [6.45, 7) is 1.66. The Morgan fingerprint density at radius 1 is 1.50 bits per heavy atom. The molecule has 0 fully saturated rings. The Kier molecular flexibility index (Phi) is 3.61. The van der Waals surface area contributed by atoms with Gasteiger partial charge in [0.05, 0.1) is 10.9 Å². The van der Waals surface area contributed by atoms with Crippen LogP contribution in [0.1, 0.15) is 6.92 Å². The number of carbonyl (C=O) groups excluding carboxylic acids is 1. The van der Waals surface area contributed by atoms with Crippen LogP contribution in [0.4, 0.5) is 4.39 Å². The number of thioether (sulfide) groups is 1. The molecule has 7 heteroatoms. The van der Waals surface area contributed by atoms with E-state index in [1.54, 1.807) is 25.1 Å². The fourth-order valence-corrected chi connectivity index (χ4v) is 2.12. The van der Waals surface area contributed by atoms with E-state index in [4.69, 9.17) is 5.73 Å². The van der Waals surface area contributed by atoms with Gasteiger partial charge in [-0.3, -0.25) is 9.36 Å². The van der Waals surface area contributed by atoms with Gasteiger partial charge in [-0.05, 0) is 19.1 Å². The van der Waals surface area contributed by atoms with Crippen molar-refractivity contribution >= 4 is 17.7 Å². The first-order chi connectivity index (χ1) is 8.59. The van der Waals surface area contributed by atoms with Crippen molar-refractivity contribution in [3.8, 4) is 5.69 Å². The second-order valence-corrected chi connectivity index (χ2v) is 4.91. The molecular weight excluding hydrogens is 255 g/mol. The summed E-state index contributed by atoms with van der Waals surface area (Å²) < 4.78 is 15.1. The van der Waals surface area contributed by atoms with E-state index in [0.717, 1.165) is 11.8 Å². The van der Waals surface area contributed by atoms with Gasteiger partial charge >= 0.3 is 0 Å². The Bertz CT molecular complexity index is 572. The largest absolute Gasteiger partial charge is 0.369 e. The molecule has 2 N–H and O–H groups in total. The summed E-state index contributed by atoms with van der Waals surface area (Å²) in [5.41, 5.74) is 5.51. The third-order valence-corrected chi connectivity index (χ3v) is 3.39. The molecule has 0 spiro atoms. The second kappa shape index (κ2) is 5.18. The van der Waals surface area contributed by atoms with Crippen molar-refractivity contribution in [3.63, 3.8) is 0 Å². The molecular formula is C11H11FN4OS. The number of nitrogens with zero attached hydrogens (tertiary/aromatic N) is 3. The van der Waals surface area contributed by atoms with Crippen LogP contribution in [-0.2, 0) is 4.79 Å². The number of rotatable bonds is 4. The number of halogens is 1. The molecule has 0 saturated heterocycles. The Morgan fingerprint density at radius 3 is 2.89 bits per heavy atom. The van der Waals surface area contributed by atoms with Gasteiger partial charge < -0.3 is 5.73 Å². The maximum atomic E-state index is 13.7. The zero-order valence-corrected chi connectivity index (χ0v) is 10.4. The molecule has 94 valence electrons. The minimum atomic E-state index is -0.459. The topological polar surface area (TPSA) is 73.8 Å². The van der Waals surface area contributed by atoms with Crippen LogP contribution in [0.3, 0.4) is 0 Å². The van der Waals surface area contributed by atoms with Crippen molar-refractivity contribution < 1.29 is 9.18 Å². The summed E-state index contributed by atoms with van der Waals surface area (Å²) in [7, 11) is 0. The van der Waals surface area contributed by atoms with Crippen molar-refractivity contribution in [1.82, 2.24) is 14.8 Å². The molecule has 1 atom stereocenters. The number of hydrogen-bond donors (Lipinski definition) is 1. The van der Waals surface area contributed by atoms with E-state index in [1.807, 2.05) is 0 Å². The van der Waals surface area contributed by atoms with Gasteiger partial charge in [0.25, 0.3) is 0 Å². The molecule has 1 aromatic carbocycles. The highest BCUT2D eigenvalue weighted by Gasteiger charge is 2.16. The lowest BCUT2D eigenvalue weighted by Crippen LogP contribution is -2.23. The monoisotopic (exact) mass is 266 g/mol. The number of para-hydroxylation sites is 1. The average Bonchev–Trinajstić information content (AvgIpc) is 2.77. The first-order valence-corrected chi connectivity index (χ1v) is 6.08. The van der Waals surface area contributed by atoms with Gasteiger partial charge in [-0.1, -0.05) is 23.9 Å². The predicted octanol–water partition coefficient (Wildman–Crippen LogP) is 1.37. The highest BCUT2D eigenvalue weighted by atomic mass is 32.2. The maximum absolute atomic E-state index is 13.7. The van der Waals surface area contributed by atoms with Crippen molar-refractivity contribution in [2.24, 2.45) is 5.73 Å². The van der Waals surface area contributed by atoms with Crippen LogP contribution in [0.5, 0.6) is 0 Å². The van der Waals surface area contributed by atoms with Crippen LogP contribution in [0, 0.1) is 5.82 Å². The summed E-state index contributed by atoms with van der Waals surface area (Å²) in [4.78, 5) is 11.0. The van der Waals surface area contributed by atoms with Crippen molar-refractivity contribution in [2.75, 3.05) is 0 Å². The third kappa shape index (κ3) is 2.51. The maximum Gasteiger partial charge on any atom is 0.230 e. The molecule has 0 aliphatic carbocycles. The van der Waals surface area contributed by atoms with Crippen molar-refractivity contribution in [1.29, 1.82) is 0 Å². The Balaban J connectivity index is 2.34. The predicted molar refractivity (Wildman–Crippen MR) is 65.8 cm³/mol. The summed E-state index contributed by atoms with van der Waals surface area (Å²) in [5.74, 6) is -0.839. The van der Waals surface area contributed by atoms with Gasteiger partial charge in [0.2, 0.25) is 5.91 Å². The van der Waals surface area contributed by atoms with Gasteiger partial charge in [-0.15, -0.1) is 10.2 Å². The fourth-order valence-electron chi connectivity index (χ4n) is 1.33. The lowest BCUT2D eigenvalue weighted by Gasteiger charge is -2.09. The average molecular weight is 266 g/mol. The molecule has 1 heterocycles. The number of benzene rings is 1. The van der Waals surface area contributed by atoms with E-state index in [0.29, 0.717) is 10.8 Å². The highest BCUT2D eigenvalue weighted by Crippen LogP contribution is 2.24. The van der Waals surface area contributed by atoms with Gasteiger partial charge in [0, 0.05) is 0 Å². The first kappa shape index (κ1) is 12.6. The number of amides is 1. The number of hydrogen-bond acceptors (Lipinski definition) is 4. The zero-order valence-electron chi connectivity index (χ0n) is 9.58. The molecule has 2 rings (SSSR count). The molecule has 1 amide bonds. The van der Waals surface area contributed by atoms with E-state index in [2.05, 4.69) is 10.2 Å². The molecule has 2 aromatic rings. The molecule has 5 nitrogen and oxygen atoms in total. The SMILES string of the molecule is C[C@@H](Sc1nncn1-c1ccccc1F)C(N)=O. The van der Waals surface area contributed by atoms with Crippen LogP contribution in [0.15, 0.2) is 35.7 Å². The van der Waals surface area contributed by atoms with E-state index in [1.165, 1.54) is 17.0 Å². The number of aromatic nitrogens is 3. The molecule has 0 saturated carbocycles. The molecule has 0 unspecified atom stereocenters. The highest BCUT2D eigenvalue weighted by molar-refractivity contribution is 8.00. The zero-order chi connectivity index (χ0) is 13.1. The van der Waals surface area contributed by atoms with Crippen LogP contribution >= 0.6 is 11.8 Å². The summed E-state index contributed by atoms with van der Waals surface area (Å²) in [6, 6.07) is 6.27. The van der Waals surface area contributed by atoms with Crippen molar-refractivity contribution in [3.05, 3.63) is 36.4 Å². The third-order valence-electron chi connectivity index (χ3n) is 2.31. The van der Waals surface area contributed by atoms with Crippen LogP contribution in [0.25, 0.3) is 5.69 Å². The number of primary amides is 1. The number of nitrogens with two attached hydrogens (primary N) is 1. The van der Waals surface area contributed by atoms with E-state index < -0.39 is 11.2 Å². The van der Waals surface area contributed by atoms with Crippen molar-refractivity contribution in [2.45, 2.75) is 17.3 Å². The molecule has 0 radical (unpaired) electrons. The minimum Gasteiger partial charge on any atom is -0.369 e. The molecule has 0 aliphatic rings. The minimum absolute atomic E-state index is 0.335. The smallest absolute Gasteiger partial charge is 0.230 e. The van der Waals surface area contributed by atoms with Gasteiger partial charge in [-0.2, -0.15) is 0 Å². The van der Waals surface area contributed by atoms with E-state index >= 15 is 0 Å². The van der Waals surface area contributed by atoms with Crippen LogP contribution in [-0.4, -0.2) is 25.9 Å². The summed E-state index contributed by atoms with van der Waals surface area (Å²) in [6.07, 6.45) is 1.40. The molecule has 1 aromatic heterocycles. The lowest BCUT2D eigenvalue weighted by atomic mass is 10.3. The summed E-state index contributed by atoms with van der Waals surface area (Å²) >= 11 is 1.14.